The lowest BCUT2D eigenvalue weighted by molar-refractivity contribution is -0.870. The number of phosphoric acid groups is 1. The summed E-state index contributed by atoms with van der Waals surface area (Å²) < 4.78 is 23.6. The number of aliphatic hydroxyl groups is 1. The van der Waals surface area contributed by atoms with E-state index in [9.17, 15) is 19.4 Å². The Bertz CT molecular complexity index is 1040. The van der Waals surface area contributed by atoms with Crippen LogP contribution < -0.4 is 5.32 Å². The lowest BCUT2D eigenvalue weighted by Crippen LogP contribution is -2.45. The van der Waals surface area contributed by atoms with Gasteiger partial charge in [-0.05, 0) is 44.9 Å². The van der Waals surface area contributed by atoms with Crippen LogP contribution in [0, 0.1) is 0 Å². The standard InChI is InChI=1S/C49H95N2O6P/c1-6-8-10-12-14-16-18-20-22-23-24-25-26-27-29-31-33-35-37-39-41-43-49(53)50-47(46-57-58(54,55)56-45-44-51(3,4)5)48(52)42-40-38-36-34-32-30-28-21-19-17-15-13-11-9-7-2/h19,21,32,34,40,42,47-48,52H,6-18,20,22-31,33,35-39,41,43-46H2,1-5H3,(H-,50,53,54,55)/p+1/b21-19+,34-32+,42-40+. The molecule has 0 aromatic heterocycles. The molecule has 3 atom stereocenters. The number of amides is 1. The SMILES string of the molecule is CCCCCCC/C=C/CC/C=C/CC/C=C/C(O)C(COP(=O)(O)OCC[N+](C)(C)C)NC(=O)CCCCCCCCCCCCCCCCCCCCCCC. The molecule has 0 aromatic carbocycles. The minimum Gasteiger partial charge on any atom is -0.387 e. The first kappa shape index (κ1) is 56.7. The van der Waals surface area contributed by atoms with Crippen LogP contribution in [0.2, 0.25) is 0 Å². The fourth-order valence-electron chi connectivity index (χ4n) is 6.96. The van der Waals surface area contributed by atoms with Crippen LogP contribution in [0.1, 0.15) is 219 Å². The fraction of sp³-hybridized carbons (Fsp3) is 0.857. The zero-order valence-corrected chi connectivity index (χ0v) is 39.7. The highest BCUT2D eigenvalue weighted by molar-refractivity contribution is 7.47. The molecule has 9 heteroatoms. The largest absolute Gasteiger partial charge is 0.472 e. The molecule has 3 N–H and O–H groups in total. The summed E-state index contributed by atoms with van der Waals surface area (Å²) in [6.07, 6.45) is 50.8. The molecule has 0 saturated carbocycles. The number of rotatable bonds is 44. The van der Waals surface area contributed by atoms with Crippen molar-refractivity contribution in [3.8, 4) is 0 Å². The average molecular weight is 840 g/mol. The Morgan fingerprint density at radius 2 is 0.948 bits per heavy atom. The van der Waals surface area contributed by atoms with Crippen LogP contribution in [-0.2, 0) is 18.4 Å². The number of nitrogens with one attached hydrogen (secondary N) is 1. The van der Waals surface area contributed by atoms with Gasteiger partial charge in [-0.3, -0.25) is 13.8 Å². The highest BCUT2D eigenvalue weighted by Crippen LogP contribution is 2.43. The minimum atomic E-state index is -4.35. The first-order valence-electron chi connectivity index (χ1n) is 24.4. The van der Waals surface area contributed by atoms with Crippen molar-refractivity contribution in [3.63, 3.8) is 0 Å². The van der Waals surface area contributed by atoms with Gasteiger partial charge in [0.1, 0.15) is 13.2 Å². The molecule has 0 spiro atoms. The Hall–Kier alpha value is -1.28. The van der Waals surface area contributed by atoms with Gasteiger partial charge in [0.15, 0.2) is 0 Å². The number of unbranched alkanes of at least 4 members (excludes halogenated alkanes) is 27. The number of carbonyl (C=O) groups is 1. The second-order valence-electron chi connectivity index (χ2n) is 17.8. The molecular weight excluding hydrogens is 744 g/mol. The highest BCUT2D eigenvalue weighted by Gasteiger charge is 2.27. The summed E-state index contributed by atoms with van der Waals surface area (Å²) in [6.45, 7) is 4.78. The summed E-state index contributed by atoms with van der Waals surface area (Å²) in [5, 5.41) is 13.8. The second kappa shape index (κ2) is 41.1. The van der Waals surface area contributed by atoms with Crippen LogP contribution in [0.5, 0.6) is 0 Å². The average Bonchev–Trinajstić information content (AvgIpc) is 3.17. The fourth-order valence-corrected chi connectivity index (χ4v) is 7.69. The third-order valence-electron chi connectivity index (χ3n) is 10.8. The molecule has 0 radical (unpaired) electrons. The minimum absolute atomic E-state index is 0.0547. The monoisotopic (exact) mass is 840 g/mol. The van der Waals surface area contributed by atoms with Crippen molar-refractivity contribution < 1.29 is 32.9 Å². The van der Waals surface area contributed by atoms with Crippen LogP contribution in [0.3, 0.4) is 0 Å². The predicted molar refractivity (Wildman–Crippen MR) is 249 cm³/mol. The van der Waals surface area contributed by atoms with E-state index in [2.05, 4.69) is 43.5 Å². The molecule has 3 unspecified atom stereocenters. The van der Waals surface area contributed by atoms with Crippen molar-refractivity contribution >= 4 is 13.7 Å². The van der Waals surface area contributed by atoms with Crippen LogP contribution in [0.15, 0.2) is 36.5 Å². The Morgan fingerprint density at radius 1 is 0.569 bits per heavy atom. The normalized spacial score (nSPS) is 14.5. The number of hydrogen-bond donors (Lipinski definition) is 3. The van der Waals surface area contributed by atoms with Gasteiger partial charge in [-0.15, -0.1) is 0 Å². The van der Waals surface area contributed by atoms with E-state index in [0.717, 1.165) is 44.9 Å². The van der Waals surface area contributed by atoms with Crippen molar-refractivity contribution in [2.45, 2.75) is 231 Å². The summed E-state index contributed by atoms with van der Waals surface area (Å²) in [7, 11) is 1.55. The smallest absolute Gasteiger partial charge is 0.387 e. The lowest BCUT2D eigenvalue weighted by Gasteiger charge is -2.25. The van der Waals surface area contributed by atoms with Gasteiger partial charge >= 0.3 is 7.82 Å². The maximum atomic E-state index is 12.9. The van der Waals surface area contributed by atoms with E-state index in [4.69, 9.17) is 9.05 Å². The number of nitrogens with zero attached hydrogens (tertiary/aromatic N) is 1. The Balaban J connectivity index is 4.35. The van der Waals surface area contributed by atoms with Gasteiger partial charge in [-0.1, -0.05) is 204 Å². The molecule has 0 aromatic rings. The molecule has 0 bridgehead atoms. The number of aliphatic hydroxyl groups excluding tert-OH is 1. The van der Waals surface area contributed by atoms with E-state index < -0.39 is 20.0 Å². The number of carbonyl (C=O) groups excluding carboxylic acids is 1. The van der Waals surface area contributed by atoms with Gasteiger partial charge < -0.3 is 19.8 Å². The molecule has 0 rings (SSSR count). The molecule has 0 aliphatic heterocycles. The van der Waals surface area contributed by atoms with Gasteiger partial charge in [-0.2, -0.15) is 0 Å². The summed E-state index contributed by atoms with van der Waals surface area (Å²) in [6, 6.07) is -0.866. The third-order valence-corrected chi connectivity index (χ3v) is 11.8. The molecule has 8 nitrogen and oxygen atoms in total. The highest BCUT2D eigenvalue weighted by atomic mass is 31.2. The zero-order valence-electron chi connectivity index (χ0n) is 38.8. The van der Waals surface area contributed by atoms with E-state index in [1.807, 2.05) is 27.2 Å². The van der Waals surface area contributed by atoms with E-state index in [1.165, 1.54) is 154 Å². The maximum absolute atomic E-state index is 12.9. The quantitative estimate of drug-likeness (QED) is 0.0244. The Morgan fingerprint density at radius 3 is 1.38 bits per heavy atom. The Labute approximate surface area is 359 Å². The topological polar surface area (TPSA) is 105 Å². The van der Waals surface area contributed by atoms with Gasteiger partial charge in [0.05, 0.1) is 39.9 Å². The summed E-state index contributed by atoms with van der Waals surface area (Å²) in [4.78, 5) is 23.2. The summed E-state index contributed by atoms with van der Waals surface area (Å²) >= 11 is 0. The van der Waals surface area contributed by atoms with Crippen LogP contribution >= 0.6 is 7.82 Å². The first-order valence-corrected chi connectivity index (χ1v) is 25.9. The number of likely N-dealkylation sites (N-methyl/N-ethyl adjacent to an activating group) is 1. The molecule has 342 valence electrons. The maximum Gasteiger partial charge on any atom is 0.472 e. The number of allylic oxidation sites excluding steroid dienone is 5. The summed E-state index contributed by atoms with van der Waals surface area (Å²) in [5.41, 5.74) is 0. The van der Waals surface area contributed by atoms with Gasteiger partial charge in [0.2, 0.25) is 5.91 Å². The number of phosphoric ester groups is 1. The summed E-state index contributed by atoms with van der Waals surface area (Å²) in [5.74, 6) is -0.189. The predicted octanol–water partition coefficient (Wildman–Crippen LogP) is 13.9. The van der Waals surface area contributed by atoms with Crippen molar-refractivity contribution in [1.29, 1.82) is 0 Å². The molecule has 0 aliphatic rings. The van der Waals surface area contributed by atoms with Gasteiger partial charge in [0.25, 0.3) is 0 Å². The zero-order chi connectivity index (χ0) is 42.8. The van der Waals surface area contributed by atoms with Crippen molar-refractivity contribution in [3.05, 3.63) is 36.5 Å². The van der Waals surface area contributed by atoms with Crippen LogP contribution in [0.25, 0.3) is 0 Å². The van der Waals surface area contributed by atoms with E-state index >= 15 is 0 Å². The van der Waals surface area contributed by atoms with E-state index in [0.29, 0.717) is 17.4 Å². The lowest BCUT2D eigenvalue weighted by atomic mass is 10.0. The first-order chi connectivity index (χ1) is 28.0. The molecule has 0 heterocycles. The van der Waals surface area contributed by atoms with Gasteiger partial charge in [-0.25, -0.2) is 4.57 Å². The second-order valence-corrected chi connectivity index (χ2v) is 19.3. The molecule has 0 saturated heterocycles. The molecule has 0 aliphatic carbocycles. The molecule has 1 amide bonds. The number of quaternary nitrogens is 1. The molecule has 0 fully saturated rings. The van der Waals surface area contributed by atoms with E-state index in [-0.39, 0.29) is 19.1 Å². The molecular formula is C49H96N2O6P+. The third kappa shape index (κ3) is 42.8. The van der Waals surface area contributed by atoms with E-state index in [1.54, 1.807) is 6.08 Å². The van der Waals surface area contributed by atoms with Crippen LogP contribution in [-0.4, -0.2) is 73.4 Å². The van der Waals surface area contributed by atoms with Crippen LogP contribution in [0.4, 0.5) is 0 Å². The van der Waals surface area contributed by atoms with Crippen molar-refractivity contribution in [1.82, 2.24) is 5.32 Å². The van der Waals surface area contributed by atoms with Crippen molar-refractivity contribution in [2.24, 2.45) is 0 Å². The van der Waals surface area contributed by atoms with Crippen molar-refractivity contribution in [2.75, 3.05) is 40.9 Å². The number of hydrogen-bond acceptors (Lipinski definition) is 5. The molecule has 58 heavy (non-hydrogen) atoms. The van der Waals surface area contributed by atoms with Gasteiger partial charge in [0, 0.05) is 6.42 Å². The Kier molecular flexibility index (Phi) is 40.2.